The van der Waals surface area contributed by atoms with E-state index >= 15 is 0 Å². The van der Waals surface area contributed by atoms with Crippen molar-refractivity contribution in [1.82, 2.24) is 0 Å². The maximum atomic E-state index is 8.97. The van der Waals surface area contributed by atoms with Crippen LogP contribution in [0.1, 0.15) is 13.3 Å². The summed E-state index contributed by atoms with van der Waals surface area (Å²) in [5.41, 5.74) is 0. The molecule has 0 saturated heterocycles. The molecule has 1 nitrogen and oxygen atoms in total. The Bertz CT molecular complexity index is 206. The third-order valence-electron chi connectivity index (χ3n) is 1.70. The van der Waals surface area contributed by atoms with E-state index in [1.54, 1.807) is 11.8 Å². The predicted octanol–water partition coefficient (Wildman–Crippen LogP) is 2.55. The van der Waals surface area contributed by atoms with Crippen molar-refractivity contribution in [2.45, 2.75) is 23.5 Å². The van der Waals surface area contributed by atoms with Gasteiger partial charge < -0.3 is 5.11 Å². The summed E-state index contributed by atoms with van der Waals surface area (Å²) in [6.45, 7) is 2.35. The third kappa shape index (κ3) is 2.88. The first-order chi connectivity index (χ1) is 5.86. The summed E-state index contributed by atoms with van der Waals surface area (Å²) in [6, 6.07) is 10.2. The standard InChI is InChI=1S/C10H14OS/c1-2-9(8-11)12-10-6-4-3-5-7-10/h3-7,9,11H,2,8H2,1H3. The van der Waals surface area contributed by atoms with Crippen molar-refractivity contribution in [3.63, 3.8) is 0 Å². The maximum Gasteiger partial charge on any atom is 0.0553 e. The first-order valence-corrected chi connectivity index (χ1v) is 5.07. The summed E-state index contributed by atoms with van der Waals surface area (Å²) in [4.78, 5) is 1.23. The Morgan fingerprint density at radius 2 is 2.00 bits per heavy atom. The van der Waals surface area contributed by atoms with Gasteiger partial charge in [0.05, 0.1) is 6.61 Å². The van der Waals surface area contributed by atoms with Gasteiger partial charge >= 0.3 is 0 Å². The van der Waals surface area contributed by atoms with Gasteiger partial charge in [-0.2, -0.15) is 0 Å². The Kier molecular flexibility index (Phi) is 4.19. The van der Waals surface area contributed by atoms with Crippen LogP contribution in [-0.2, 0) is 0 Å². The highest BCUT2D eigenvalue weighted by atomic mass is 32.2. The topological polar surface area (TPSA) is 20.2 Å². The fourth-order valence-electron chi connectivity index (χ4n) is 0.941. The molecule has 0 radical (unpaired) electrons. The average molecular weight is 182 g/mol. The fraction of sp³-hybridized carbons (Fsp3) is 0.400. The molecule has 0 amide bonds. The van der Waals surface area contributed by atoms with Gasteiger partial charge in [-0.05, 0) is 18.6 Å². The molecule has 0 saturated carbocycles. The molecule has 0 heterocycles. The molecule has 0 fully saturated rings. The third-order valence-corrected chi connectivity index (χ3v) is 3.07. The molecule has 0 aliphatic heterocycles. The fourth-order valence-corrected chi connectivity index (χ4v) is 1.88. The molecule has 66 valence electrons. The zero-order chi connectivity index (χ0) is 8.81. The highest BCUT2D eigenvalue weighted by Gasteiger charge is 2.04. The minimum atomic E-state index is 0.260. The summed E-state index contributed by atoms with van der Waals surface area (Å²) < 4.78 is 0. The van der Waals surface area contributed by atoms with Crippen LogP contribution in [-0.4, -0.2) is 17.0 Å². The summed E-state index contributed by atoms with van der Waals surface area (Å²) in [5.74, 6) is 0. The number of aliphatic hydroxyl groups excluding tert-OH is 1. The van der Waals surface area contributed by atoms with Crippen molar-refractivity contribution in [1.29, 1.82) is 0 Å². The van der Waals surface area contributed by atoms with Crippen LogP contribution in [0.25, 0.3) is 0 Å². The van der Waals surface area contributed by atoms with Crippen LogP contribution in [0.4, 0.5) is 0 Å². The molecule has 0 aliphatic rings. The van der Waals surface area contributed by atoms with Gasteiger partial charge in [-0.25, -0.2) is 0 Å². The summed E-state index contributed by atoms with van der Waals surface area (Å²) in [7, 11) is 0. The quantitative estimate of drug-likeness (QED) is 0.722. The Morgan fingerprint density at radius 1 is 1.33 bits per heavy atom. The summed E-state index contributed by atoms with van der Waals surface area (Å²) in [5, 5.41) is 9.31. The van der Waals surface area contributed by atoms with Crippen molar-refractivity contribution in [3.05, 3.63) is 30.3 Å². The number of rotatable bonds is 4. The molecule has 1 atom stereocenters. The second kappa shape index (κ2) is 5.22. The highest BCUT2D eigenvalue weighted by molar-refractivity contribution is 8.00. The van der Waals surface area contributed by atoms with Crippen molar-refractivity contribution in [2.24, 2.45) is 0 Å². The van der Waals surface area contributed by atoms with E-state index < -0.39 is 0 Å². The Balaban J connectivity index is 2.51. The molecule has 1 aromatic rings. The number of aliphatic hydroxyl groups is 1. The minimum Gasteiger partial charge on any atom is -0.395 e. The second-order valence-electron chi connectivity index (χ2n) is 2.64. The van der Waals surface area contributed by atoms with E-state index in [0.29, 0.717) is 5.25 Å². The van der Waals surface area contributed by atoms with Crippen molar-refractivity contribution in [2.75, 3.05) is 6.61 Å². The molecule has 1 N–H and O–H groups in total. The lowest BCUT2D eigenvalue weighted by Crippen LogP contribution is -2.05. The van der Waals surface area contributed by atoms with Gasteiger partial charge in [0.2, 0.25) is 0 Å². The highest BCUT2D eigenvalue weighted by Crippen LogP contribution is 2.24. The Morgan fingerprint density at radius 3 is 2.50 bits per heavy atom. The zero-order valence-electron chi connectivity index (χ0n) is 7.23. The van der Waals surface area contributed by atoms with Crippen LogP contribution >= 0.6 is 11.8 Å². The van der Waals surface area contributed by atoms with Crippen molar-refractivity contribution >= 4 is 11.8 Å². The summed E-state index contributed by atoms with van der Waals surface area (Å²) >= 11 is 1.74. The normalized spacial score (nSPS) is 12.8. The Hall–Kier alpha value is -0.470. The van der Waals surface area contributed by atoms with E-state index in [1.807, 2.05) is 18.2 Å². The molecular formula is C10H14OS. The van der Waals surface area contributed by atoms with E-state index in [2.05, 4.69) is 19.1 Å². The predicted molar refractivity (Wildman–Crippen MR) is 53.5 cm³/mol. The van der Waals surface area contributed by atoms with E-state index in [0.717, 1.165) is 6.42 Å². The molecule has 1 unspecified atom stereocenters. The van der Waals surface area contributed by atoms with E-state index in [4.69, 9.17) is 5.11 Å². The molecule has 12 heavy (non-hydrogen) atoms. The van der Waals surface area contributed by atoms with Crippen molar-refractivity contribution < 1.29 is 5.11 Å². The van der Waals surface area contributed by atoms with E-state index in [9.17, 15) is 0 Å². The lowest BCUT2D eigenvalue weighted by atomic mass is 10.3. The molecule has 0 aromatic heterocycles. The first kappa shape index (κ1) is 9.62. The van der Waals surface area contributed by atoms with Crippen LogP contribution in [0.15, 0.2) is 35.2 Å². The van der Waals surface area contributed by atoms with Crippen LogP contribution in [0, 0.1) is 0 Å². The SMILES string of the molecule is CCC(CO)Sc1ccccc1. The zero-order valence-corrected chi connectivity index (χ0v) is 8.05. The van der Waals surface area contributed by atoms with Gasteiger partial charge in [0, 0.05) is 10.1 Å². The number of benzene rings is 1. The van der Waals surface area contributed by atoms with Gasteiger partial charge in [0.25, 0.3) is 0 Å². The largest absolute Gasteiger partial charge is 0.395 e. The molecule has 1 rings (SSSR count). The minimum absolute atomic E-state index is 0.260. The number of thioether (sulfide) groups is 1. The molecular weight excluding hydrogens is 168 g/mol. The van der Waals surface area contributed by atoms with Crippen LogP contribution in [0.5, 0.6) is 0 Å². The number of hydrogen-bond acceptors (Lipinski definition) is 2. The average Bonchev–Trinajstić information content (AvgIpc) is 2.16. The van der Waals surface area contributed by atoms with Crippen LogP contribution < -0.4 is 0 Å². The lowest BCUT2D eigenvalue weighted by Gasteiger charge is -2.10. The van der Waals surface area contributed by atoms with Crippen molar-refractivity contribution in [3.8, 4) is 0 Å². The molecule has 1 aromatic carbocycles. The summed E-state index contributed by atoms with van der Waals surface area (Å²) in [6.07, 6.45) is 1.01. The smallest absolute Gasteiger partial charge is 0.0553 e. The van der Waals surface area contributed by atoms with Gasteiger partial charge in [-0.3, -0.25) is 0 Å². The van der Waals surface area contributed by atoms with E-state index in [1.165, 1.54) is 4.90 Å². The monoisotopic (exact) mass is 182 g/mol. The Labute approximate surface area is 77.8 Å². The molecule has 2 heteroatoms. The van der Waals surface area contributed by atoms with Gasteiger partial charge in [0.1, 0.15) is 0 Å². The first-order valence-electron chi connectivity index (χ1n) is 4.19. The van der Waals surface area contributed by atoms with E-state index in [-0.39, 0.29) is 6.61 Å². The van der Waals surface area contributed by atoms with Gasteiger partial charge in [0.15, 0.2) is 0 Å². The van der Waals surface area contributed by atoms with Gasteiger partial charge in [-0.1, -0.05) is 25.1 Å². The molecule has 0 aliphatic carbocycles. The molecule has 0 bridgehead atoms. The molecule has 0 spiro atoms. The van der Waals surface area contributed by atoms with Gasteiger partial charge in [-0.15, -0.1) is 11.8 Å². The van der Waals surface area contributed by atoms with Crippen LogP contribution in [0.3, 0.4) is 0 Å². The van der Waals surface area contributed by atoms with Crippen LogP contribution in [0.2, 0.25) is 0 Å². The lowest BCUT2D eigenvalue weighted by molar-refractivity contribution is 0.292. The second-order valence-corrected chi connectivity index (χ2v) is 4.02. The maximum absolute atomic E-state index is 8.97. The number of hydrogen-bond donors (Lipinski definition) is 1.